The summed E-state index contributed by atoms with van der Waals surface area (Å²) in [4.78, 5) is 4.48. The second kappa shape index (κ2) is 5.04. The van der Waals surface area contributed by atoms with E-state index in [2.05, 4.69) is 32.8 Å². The number of hydrogen-bond acceptors (Lipinski definition) is 4. The lowest BCUT2D eigenvalue weighted by molar-refractivity contribution is 0.666. The van der Waals surface area contributed by atoms with Crippen molar-refractivity contribution in [2.75, 3.05) is 0 Å². The van der Waals surface area contributed by atoms with E-state index in [9.17, 15) is 0 Å². The molecule has 2 aromatic rings. The third kappa shape index (κ3) is 2.87. The van der Waals surface area contributed by atoms with Gasteiger partial charge in [-0.2, -0.15) is 5.10 Å². The van der Waals surface area contributed by atoms with Crippen LogP contribution in [0.15, 0.2) is 17.6 Å². The van der Waals surface area contributed by atoms with Crippen molar-refractivity contribution in [1.29, 1.82) is 0 Å². The van der Waals surface area contributed by atoms with Crippen molar-refractivity contribution in [2.45, 2.75) is 26.4 Å². The fourth-order valence-electron chi connectivity index (χ4n) is 1.30. The van der Waals surface area contributed by atoms with E-state index in [0.29, 0.717) is 0 Å². The molecule has 0 aromatic carbocycles. The largest absolute Gasteiger partial charge is 0.305 e. The molecule has 0 atom stereocenters. The van der Waals surface area contributed by atoms with Gasteiger partial charge in [-0.05, 0) is 12.5 Å². The van der Waals surface area contributed by atoms with E-state index in [-0.39, 0.29) is 0 Å². The summed E-state index contributed by atoms with van der Waals surface area (Å²) in [5, 5.41) is 13.4. The summed E-state index contributed by atoms with van der Waals surface area (Å²) >= 11 is 1.73. The average Bonchev–Trinajstić information content (AvgIpc) is 2.88. The first-order valence-electron chi connectivity index (χ1n) is 5.00. The minimum atomic E-state index is 0.805. The SMILES string of the molecule is CCc1nc(CNCc2ccn[nH]2)cs1. The van der Waals surface area contributed by atoms with Crippen LogP contribution in [0.4, 0.5) is 0 Å². The molecule has 0 saturated carbocycles. The molecule has 0 unspecified atom stereocenters. The topological polar surface area (TPSA) is 53.6 Å². The molecule has 0 aliphatic heterocycles. The van der Waals surface area contributed by atoms with Gasteiger partial charge in [-0.25, -0.2) is 4.98 Å². The molecule has 2 heterocycles. The minimum Gasteiger partial charge on any atom is -0.305 e. The van der Waals surface area contributed by atoms with E-state index in [0.717, 1.165) is 30.9 Å². The number of aromatic nitrogens is 3. The highest BCUT2D eigenvalue weighted by Gasteiger charge is 1.99. The maximum Gasteiger partial charge on any atom is 0.0926 e. The quantitative estimate of drug-likeness (QED) is 0.810. The Labute approximate surface area is 92.8 Å². The van der Waals surface area contributed by atoms with Gasteiger partial charge in [-0.1, -0.05) is 6.92 Å². The first-order valence-corrected chi connectivity index (χ1v) is 5.88. The Kier molecular flexibility index (Phi) is 3.47. The zero-order chi connectivity index (χ0) is 10.5. The van der Waals surface area contributed by atoms with Crippen LogP contribution >= 0.6 is 11.3 Å². The summed E-state index contributed by atoms with van der Waals surface area (Å²) in [7, 11) is 0. The van der Waals surface area contributed by atoms with Crippen molar-refractivity contribution in [3.63, 3.8) is 0 Å². The van der Waals surface area contributed by atoms with Crippen LogP contribution < -0.4 is 5.32 Å². The molecular formula is C10H14N4S. The Bertz CT molecular complexity index is 393. The molecule has 2 rings (SSSR count). The molecule has 0 amide bonds. The summed E-state index contributed by atoms with van der Waals surface area (Å²) < 4.78 is 0. The Balaban J connectivity index is 1.78. The first kappa shape index (κ1) is 10.3. The van der Waals surface area contributed by atoms with Crippen LogP contribution in [0.2, 0.25) is 0 Å². The predicted octanol–water partition coefficient (Wildman–Crippen LogP) is 1.72. The van der Waals surface area contributed by atoms with E-state index < -0.39 is 0 Å². The number of hydrogen-bond donors (Lipinski definition) is 2. The normalized spacial score (nSPS) is 10.7. The lowest BCUT2D eigenvalue weighted by Crippen LogP contribution is -2.13. The molecule has 0 aliphatic carbocycles. The van der Waals surface area contributed by atoms with E-state index >= 15 is 0 Å². The number of aromatic amines is 1. The highest BCUT2D eigenvalue weighted by molar-refractivity contribution is 7.09. The summed E-state index contributed by atoms with van der Waals surface area (Å²) in [5.41, 5.74) is 2.22. The van der Waals surface area contributed by atoms with Crippen LogP contribution in [0.3, 0.4) is 0 Å². The Morgan fingerprint density at radius 3 is 3.07 bits per heavy atom. The van der Waals surface area contributed by atoms with E-state index in [1.54, 1.807) is 17.5 Å². The zero-order valence-corrected chi connectivity index (χ0v) is 9.47. The second-order valence-electron chi connectivity index (χ2n) is 3.27. The van der Waals surface area contributed by atoms with Crippen molar-refractivity contribution in [3.05, 3.63) is 34.0 Å². The zero-order valence-electron chi connectivity index (χ0n) is 8.66. The van der Waals surface area contributed by atoms with Gasteiger partial charge in [0.25, 0.3) is 0 Å². The van der Waals surface area contributed by atoms with Crippen molar-refractivity contribution in [1.82, 2.24) is 20.5 Å². The maximum absolute atomic E-state index is 4.48. The van der Waals surface area contributed by atoms with Gasteiger partial charge in [0.1, 0.15) is 0 Å². The number of nitrogens with one attached hydrogen (secondary N) is 2. The molecule has 0 spiro atoms. The Morgan fingerprint density at radius 1 is 1.47 bits per heavy atom. The highest BCUT2D eigenvalue weighted by Crippen LogP contribution is 2.09. The molecule has 0 fully saturated rings. The van der Waals surface area contributed by atoms with Crippen molar-refractivity contribution < 1.29 is 0 Å². The summed E-state index contributed by atoms with van der Waals surface area (Å²) in [5.74, 6) is 0. The van der Waals surface area contributed by atoms with Gasteiger partial charge in [-0.3, -0.25) is 5.10 Å². The molecule has 0 bridgehead atoms. The van der Waals surface area contributed by atoms with Gasteiger partial charge >= 0.3 is 0 Å². The highest BCUT2D eigenvalue weighted by atomic mass is 32.1. The third-order valence-corrected chi connectivity index (χ3v) is 3.12. The lowest BCUT2D eigenvalue weighted by atomic mass is 10.4. The third-order valence-electron chi connectivity index (χ3n) is 2.08. The van der Waals surface area contributed by atoms with Crippen LogP contribution in [0.5, 0.6) is 0 Å². The monoisotopic (exact) mass is 222 g/mol. The molecule has 4 nitrogen and oxygen atoms in total. The second-order valence-corrected chi connectivity index (χ2v) is 4.21. The predicted molar refractivity (Wildman–Crippen MR) is 60.6 cm³/mol. The Morgan fingerprint density at radius 2 is 2.40 bits per heavy atom. The molecule has 0 saturated heterocycles. The molecule has 2 aromatic heterocycles. The van der Waals surface area contributed by atoms with E-state index in [1.807, 2.05) is 6.07 Å². The van der Waals surface area contributed by atoms with E-state index in [4.69, 9.17) is 0 Å². The van der Waals surface area contributed by atoms with Gasteiger partial charge in [0.2, 0.25) is 0 Å². The maximum atomic E-state index is 4.48. The van der Waals surface area contributed by atoms with Crippen molar-refractivity contribution >= 4 is 11.3 Å². The van der Waals surface area contributed by atoms with Crippen LogP contribution in [-0.4, -0.2) is 15.2 Å². The van der Waals surface area contributed by atoms with Crippen LogP contribution in [0, 0.1) is 0 Å². The summed E-state index contributed by atoms with van der Waals surface area (Å²) in [6.45, 7) is 3.75. The van der Waals surface area contributed by atoms with Crippen LogP contribution in [-0.2, 0) is 19.5 Å². The number of thiazole rings is 1. The smallest absolute Gasteiger partial charge is 0.0926 e. The fourth-order valence-corrected chi connectivity index (χ4v) is 2.05. The van der Waals surface area contributed by atoms with Crippen molar-refractivity contribution in [2.24, 2.45) is 0 Å². The minimum absolute atomic E-state index is 0.805. The van der Waals surface area contributed by atoms with Crippen LogP contribution in [0.1, 0.15) is 23.3 Å². The molecular weight excluding hydrogens is 208 g/mol. The van der Waals surface area contributed by atoms with Gasteiger partial charge in [0.15, 0.2) is 0 Å². The van der Waals surface area contributed by atoms with E-state index in [1.165, 1.54) is 5.01 Å². The fraction of sp³-hybridized carbons (Fsp3) is 0.400. The lowest BCUT2D eigenvalue weighted by Gasteiger charge is -1.99. The Hall–Kier alpha value is -1.20. The van der Waals surface area contributed by atoms with Gasteiger partial charge < -0.3 is 5.32 Å². The molecule has 0 aliphatic rings. The number of aryl methyl sites for hydroxylation is 1. The average molecular weight is 222 g/mol. The van der Waals surface area contributed by atoms with Crippen LogP contribution in [0.25, 0.3) is 0 Å². The summed E-state index contributed by atoms with van der Waals surface area (Å²) in [6, 6.07) is 1.96. The number of nitrogens with zero attached hydrogens (tertiary/aromatic N) is 2. The molecule has 15 heavy (non-hydrogen) atoms. The first-order chi connectivity index (χ1) is 7.38. The van der Waals surface area contributed by atoms with Gasteiger partial charge in [0, 0.05) is 30.4 Å². The van der Waals surface area contributed by atoms with Gasteiger partial charge in [-0.15, -0.1) is 11.3 Å². The molecule has 80 valence electrons. The molecule has 0 radical (unpaired) electrons. The van der Waals surface area contributed by atoms with Crippen molar-refractivity contribution in [3.8, 4) is 0 Å². The molecule has 5 heteroatoms. The van der Waals surface area contributed by atoms with Gasteiger partial charge in [0.05, 0.1) is 10.7 Å². The number of H-pyrrole nitrogens is 1. The molecule has 2 N–H and O–H groups in total. The summed E-state index contributed by atoms with van der Waals surface area (Å²) in [6.07, 6.45) is 2.78. The standard InChI is InChI=1S/C10H14N4S/c1-2-10-13-9(7-15-10)6-11-5-8-3-4-12-14-8/h3-4,7,11H,2,5-6H2,1H3,(H,12,14). The number of rotatable bonds is 5.